The topological polar surface area (TPSA) is 42.0 Å². The zero-order chi connectivity index (χ0) is 9.60. The molecule has 3 rings (SSSR count). The third kappa shape index (κ3) is 1.29. The Morgan fingerprint density at radius 3 is 3.07 bits per heavy atom. The molecule has 1 spiro atoms. The van der Waals surface area contributed by atoms with Crippen LogP contribution in [0, 0.1) is 5.41 Å². The lowest BCUT2D eigenvalue weighted by Crippen LogP contribution is -2.30. The highest BCUT2D eigenvalue weighted by atomic mass is 32.1. The van der Waals surface area contributed by atoms with Gasteiger partial charge in [0.1, 0.15) is 0 Å². The van der Waals surface area contributed by atoms with Crippen molar-refractivity contribution in [3.8, 4) is 0 Å². The summed E-state index contributed by atoms with van der Waals surface area (Å²) in [6.07, 6.45) is 5.30. The summed E-state index contributed by atoms with van der Waals surface area (Å²) in [5.41, 5.74) is 0.484. The molecule has 1 saturated heterocycles. The van der Waals surface area contributed by atoms with Crippen molar-refractivity contribution >= 4 is 17.1 Å². The number of nitrogens with zero attached hydrogens (tertiary/aromatic N) is 1. The van der Waals surface area contributed by atoms with Gasteiger partial charge in [-0.3, -0.25) is 4.79 Å². The van der Waals surface area contributed by atoms with Crippen LogP contribution in [-0.4, -0.2) is 23.4 Å². The first kappa shape index (κ1) is 8.56. The van der Waals surface area contributed by atoms with E-state index in [1.807, 2.05) is 5.38 Å². The highest BCUT2D eigenvalue weighted by molar-refractivity contribution is 7.11. The lowest BCUT2D eigenvalue weighted by Gasteiger charge is -2.05. The van der Waals surface area contributed by atoms with Crippen molar-refractivity contribution in [2.75, 3.05) is 6.54 Å². The van der Waals surface area contributed by atoms with Crippen molar-refractivity contribution in [3.63, 3.8) is 0 Å². The zero-order valence-corrected chi connectivity index (χ0v) is 8.64. The Kier molecular flexibility index (Phi) is 1.76. The molecule has 0 unspecified atom stereocenters. The van der Waals surface area contributed by atoms with Gasteiger partial charge >= 0.3 is 0 Å². The van der Waals surface area contributed by atoms with E-state index in [1.54, 1.807) is 6.20 Å². The van der Waals surface area contributed by atoms with Crippen molar-refractivity contribution in [2.45, 2.75) is 25.3 Å². The molecule has 1 aliphatic carbocycles. The van der Waals surface area contributed by atoms with Crippen molar-refractivity contribution in [3.05, 3.63) is 16.6 Å². The maximum absolute atomic E-state index is 11.9. The van der Waals surface area contributed by atoms with Crippen LogP contribution in [0.1, 0.15) is 29.1 Å². The molecule has 1 atom stereocenters. The summed E-state index contributed by atoms with van der Waals surface area (Å²) < 4.78 is 0. The second-order valence-electron chi connectivity index (χ2n) is 4.34. The number of hydrogen-bond acceptors (Lipinski definition) is 4. The Balaban J connectivity index is 1.75. The molecule has 0 aromatic carbocycles. The fourth-order valence-corrected chi connectivity index (χ4v) is 2.79. The minimum atomic E-state index is 0.0312. The van der Waals surface area contributed by atoms with Crippen molar-refractivity contribution in [2.24, 2.45) is 5.41 Å². The Hall–Kier alpha value is -0.740. The zero-order valence-electron chi connectivity index (χ0n) is 7.82. The average molecular weight is 208 g/mol. The number of rotatable bonds is 2. The molecule has 1 N–H and O–H groups in total. The summed E-state index contributed by atoms with van der Waals surface area (Å²) in [6.45, 7) is 1.02. The molecule has 14 heavy (non-hydrogen) atoms. The Morgan fingerprint density at radius 1 is 1.64 bits per heavy atom. The predicted octanol–water partition coefficient (Wildman–Crippen LogP) is 1.47. The molecular weight excluding hydrogens is 196 g/mol. The molecule has 0 bridgehead atoms. The molecule has 1 aromatic rings. The van der Waals surface area contributed by atoms with Gasteiger partial charge in [0, 0.05) is 18.1 Å². The van der Waals surface area contributed by atoms with E-state index in [1.165, 1.54) is 24.2 Å². The normalized spacial score (nSPS) is 28.1. The van der Waals surface area contributed by atoms with Crippen molar-refractivity contribution in [1.29, 1.82) is 0 Å². The van der Waals surface area contributed by atoms with Crippen LogP contribution in [0.5, 0.6) is 0 Å². The van der Waals surface area contributed by atoms with Crippen molar-refractivity contribution in [1.82, 2.24) is 10.3 Å². The lowest BCUT2D eigenvalue weighted by molar-refractivity contribution is 0.0949. The minimum absolute atomic E-state index is 0.0312. The maximum atomic E-state index is 11.9. The molecule has 1 aromatic heterocycles. The van der Waals surface area contributed by atoms with Crippen LogP contribution in [0.2, 0.25) is 0 Å². The van der Waals surface area contributed by atoms with Gasteiger partial charge in [-0.05, 0) is 24.7 Å². The van der Waals surface area contributed by atoms with Crippen LogP contribution < -0.4 is 5.32 Å². The molecule has 74 valence electrons. The Bertz CT molecular complexity index is 356. The molecule has 0 radical (unpaired) electrons. The second-order valence-corrected chi connectivity index (χ2v) is 5.23. The van der Waals surface area contributed by atoms with Gasteiger partial charge in [-0.25, -0.2) is 4.98 Å². The molecule has 1 aliphatic heterocycles. The lowest BCUT2D eigenvalue weighted by atomic mass is 10.0. The monoisotopic (exact) mass is 208 g/mol. The molecule has 2 aliphatic rings. The minimum Gasteiger partial charge on any atom is -0.307 e. The van der Waals surface area contributed by atoms with Gasteiger partial charge in [0.2, 0.25) is 5.78 Å². The first-order valence-electron chi connectivity index (χ1n) is 4.96. The number of nitrogens with one attached hydrogen (secondary N) is 1. The SMILES string of the molecule is O=C(c1nccs1)[C@@H]1CC2(CC2)CN1. The van der Waals surface area contributed by atoms with Gasteiger partial charge in [0.05, 0.1) is 6.04 Å². The first-order valence-corrected chi connectivity index (χ1v) is 5.84. The van der Waals surface area contributed by atoms with E-state index in [0.717, 1.165) is 13.0 Å². The van der Waals surface area contributed by atoms with Crippen LogP contribution in [0.4, 0.5) is 0 Å². The molecule has 0 amide bonds. The van der Waals surface area contributed by atoms with Gasteiger partial charge < -0.3 is 5.32 Å². The van der Waals surface area contributed by atoms with E-state index < -0.39 is 0 Å². The smallest absolute Gasteiger partial charge is 0.208 e. The second kappa shape index (κ2) is 2.87. The molecule has 1 saturated carbocycles. The molecule has 2 heterocycles. The predicted molar refractivity (Wildman–Crippen MR) is 54.5 cm³/mol. The first-order chi connectivity index (χ1) is 6.79. The molecular formula is C10H12N2OS. The van der Waals surface area contributed by atoms with Crippen LogP contribution in [-0.2, 0) is 0 Å². The van der Waals surface area contributed by atoms with E-state index >= 15 is 0 Å². The summed E-state index contributed by atoms with van der Waals surface area (Å²) in [6, 6.07) is 0.0312. The van der Waals surface area contributed by atoms with Crippen LogP contribution in [0.3, 0.4) is 0 Å². The number of hydrogen-bond donors (Lipinski definition) is 1. The number of thiazole rings is 1. The average Bonchev–Trinajstić information content (AvgIpc) is 2.68. The molecule has 2 fully saturated rings. The van der Waals surface area contributed by atoms with Gasteiger partial charge in [-0.2, -0.15) is 0 Å². The summed E-state index contributed by atoms with van der Waals surface area (Å²) in [5, 5.41) is 5.82. The highest BCUT2D eigenvalue weighted by Gasteiger charge is 2.50. The van der Waals surface area contributed by atoms with E-state index in [4.69, 9.17) is 0 Å². The summed E-state index contributed by atoms with van der Waals surface area (Å²) in [4.78, 5) is 16.0. The summed E-state index contributed by atoms with van der Waals surface area (Å²) in [7, 11) is 0. The van der Waals surface area contributed by atoms with Gasteiger partial charge in [0.15, 0.2) is 5.01 Å². The van der Waals surface area contributed by atoms with E-state index in [0.29, 0.717) is 10.4 Å². The van der Waals surface area contributed by atoms with Gasteiger partial charge in [0.25, 0.3) is 0 Å². The third-order valence-corrected chi connectivity index (χ3v) is 4.06. The molecule has 4 heteroatoms. The van der Waals surface area contributed by atoms with Crippen LogP contribution in [0.25, 0.3) is 0 Å². The van der Waals surface area contributed by atoms with Crippen LogP contribution in [0.15, 0.2) is 11.6 Å². The van der Waals surface area contributed by atoms with E-state index in [9.17, 15) is 4.79 Å². The number of carbonyl (C=O) groups is 1. The van der Waals surface area contributed by atoms with Crippen LogP contribution >= 0.6 is 11.3 Å². The van der Waals surface area contributed by atoms with Gasteiger partial charge in [-0.1, -0.05) is 0 Å². The largest absolute Gasteiger partial charge is 0.307 e. The summed E-state index contributed by atoms with van der Waals surface area (Å²) >= 11 is 1.44. The maximum Gasteiger partial charge on any atom is 0.208 e. The number of Topliss-reactive ketones (excluding diaryl/α,β-unsaturated/α-hetero) is 1. The molecule has 3 nitrogen and oxygen atoms in total. The Labute approximate surface area is 86.5 Å². The fourth-order valence-electron chi connectivity index (χ4n) is 2.15. The summed E-state index contributed by atoms with van der Waals surface area (Å²) in [5.74, 6) is 0.184. The fraction of sp³-hybridized carbons (Fsp3) is 0.600. The highest BCUT2D eigenvalue weighted by Crippen LogP contribution is 2.52. The van der Waals surface area contributed by atoms with Gasteiger partial charge in [-0.15, -0.1) is 11.3 Å². The van der Waals surface area contributed by atoms with Crippen molar-refractivity contribution < 1.29 is 4.79 Å². The third-order valence-electron chi connectivity index (χ3n) is 3.28. The quantitative estimate of drug-likeness (QED) is 0.748. The standard InChI is InChI=1S/C10H12N2OS/c13-8(9-11-3-4-14-9)7-5-10(1-2-10)6-12-7/h3-4,7,12H,1-2,5-6H2/t7-/m0/s1. The number of aromatic nitrogens is 1. The van der Waals surface area contributed by atoms with E-state index in [-0.39, 0.29) is 11.8 Å². The number of ketones is 1. The Morgan fingerprint density at radius 2 is 2.50 bits per heavy atom. The van der Waals surface area contributed by atoms with E-state index in [2.05, 4.69) is 10.3 Å². The number of carbonyl (C=O) groups excluding carboxylic acids is 1.